The third-order valence-corrected chi connectivity index (χ3v) is 20.1. The molecule has 0 fully saturated rings. The van der Waals surface area contributed by atoms with E-state index in [1.54, 1.807) is 5.20 Å². The van der Waals surface area contributed by atoms with Crippen molar-refractivity contribution in [1.29, 1.82) is 0 Å². The first-order chi connectivity index (χ1) is 32.7. The van der Waals surface area contributed by atoms with Crippen LogP contribution in [0.5, 0.6) is 0 Å². The van der Waals surface area contributed by atoms with Gasteiger partial charge in [-0.05, 0) is 170 Å². The SMILES string of the molecule is CC1=C(C)C(C)C([Si](c2cc(C)c(-c3ccccc3)cc2-c2ccccc2)(c2cc(C)c(-c3ccccc3)cc2-c2ccccc2)c2cc(C)c(-c3ccccc3)cc2-c2ccccc2)=C1C. The van der Waals surface area contributed by atoms with Gasteiger partial charge in [-0.15, -0.1) is 0 Å². The lowest BCUT2D eigenvalue weighted by molar-refractivity contribution is 0.851. The first-order valence-corrected chi connectivity index (χ1v) is 25.8. The summed E-state index contributed by atoms with van der Waals surface area (Å²) in [6, 6.07) is 82.3. The van der Waals surface area contributed by atoms with Gasteiger partial charge < -0.3 is 0 Å². The summed E-state index contributed by atoms with van der Waals surface area (Å²) in [6.45, 7) is 16.7. The molecule has 9 aromatic rings. The van der Waals surface area contributed by atoms with Gasteiger partial charge in [0.15, 0.2) is 8.07 Å². The molecule has 1 heteroatoms. The van der Waals surface area contributed by atoms with Crippen LogP contribution in [0, 0.1) is 26.7 Å². The molecule has 0 aromatic heterocycles. The fraction of sp³-hybridized carbons (Fsp3) is 0.121. The molecule has 0 aliphatic heterocycles. The summed E-state index contributed by atoms with van der Waals surface area (Å²) >= 11 is 0. The Hall–Kier alpha value is -7.32. The summed E-state index contributed by atoms with van der Waals surface area (Å²) < 4.78 is 0. The first-order valence-electron chi connectivity index (χ1n) is 23.8. The van der Waals surface area contributed by atoms with Crippen LogP contribution >= 0.6 is 0 Å². The van der Waals surface area contributed by atoms with Gasteiger partial charge in [0.2, 0.25) is 0 Å². The molecule has 0 amide bonds. The van der Waals surface area contributed by atoms with Crippen LogP contribution < -0.4 is 15.6 Å². The van der Waals surface area contributed by atoms with Crippen LogP contribution in [0.1, 0.15) is 44.4 Å². The summed E-state index contributed by atoms with van der Waals surface area (Å²) in [6.07, 6.45) is 0. The van der Waals surface area contributed by atoms with Crippen LogP contribution in [-0.4, -0.2) is 8.07 Å². The number of hydrogen-bond donors (Lipinski definition) is 0. The Kier molecular flexibility index (Phi) is 11.8. The molecule has 0 bridgehead atoms. The fourth-order valence-corrected chi connectivity index (χ4v) is 17.8. The minimum absolute atomic E-state index is 0.194. The van der Waals surface area contributed by atoms with E-state index in [0.717, 1.165) is 0 Å². The van der Waals surface area contributed by atoms with Crippen molar-refractivity contribution in [2.75, 3.05) is 0 Å². The van der Waals surface area contributed by atoms with Gasteiger partial charge in [-0.25, -0.2) is 0 Å². The van der Waals surface area contributed by atoms with Gasteiger partial charge in [-0.3, -0.25) is 0 Å². The Morgan fingerprint density at radius 3 is 0.746 bits per heavy atom. The highest BCUT2D eigenvalue weighted by Crippen LogP contribution is 2.46. The van der Waals surface area contributed by atoms with E-state index in [1.165, 1.54) is 116 Å². The van der Waals surface area contributed by atoms with Crippen LogP contribution in [0.4, 0.5) is 0 Å². The molecule has 9 aromatic carbocycles. The molecule has 0 saturated heterocycles. The largest absolute Gasteiger partial charge is 0.178 e. The molecule has 0 spiro atoms. The quantitative estimate of drug-likeness (QED) is 0.0948. The van der Waals surface area contributed by atoms with E-state index in [-0.39, 0.29) is 5.92 Å². The van der Waals surface area contributed by atoms with Crippen molar-refractivity contribution in [2.45, 2.75) is 48.5 Å². The van der Waals surface area contributed by atoms with Gasteiger partial charge in [0, 0.05) is 0 Å². The smallest absolute Gasteiger partial charge is 0.0636 e. The minimum Gasteiger partial charge on any atom is -0.0636 e. The van der Waals surface area contributed by atoms with Crippen molar-refractivity contribution in [1.82, 2.24) is 0 Å². The second-order valence-electron chi connectivity index (χ2n) is 18.7. The second kappa shape index (κ2) is 18.2. The molecule has 1 aliphatic rings. The standard InChI is InChI=1S/C66H58Si/c1-44-38-63(60(54-32-20-11-21-33-54)41-57(44)51-26-14-8-15-27-51)67(66-49(6)47(4)48(5)50(66)7,64-39-45(2)58(52-28-16-9-17-29-52)42-61(64)55-34-22-12-23-35-55)65-40-46(3)59(53-30-18-10-19-31-53)43-62(65)56-36-24-13-25-37-56/h8-43,49H,1-7H3. The van der Waals surface area contributed by atoms with E-state index in [0.29, 0.717) is 0 Å². The highest BCUT2D eigenvalue weighted by molar-refractivity contribution is 7.18. The van der Waals surface area contributed by atoms with Crippen LogP contribution in [0.3, 0.4) is 0 Å². The van der Waals surface area contributed by atoms with E-state index < -0.39 is 8.07 Å². The summed E-state index contributed by atoms with van der Waals surface area (Å²) in [5, 5.41) is 5.84. The van der Waals surface area contributed by atoms with Gasteiger partial charge >= 0.3 is 0 Å². The lowest BCUT2D eigenvalue weighted by Crippen LogP contribution is -2.71. The number of aryl methyl sites for hydroxylation is 3. The van der Waals surface area contributed by atoms with Crippen LogP contribution in [0.25, 0.3) is 66.8 Å². The molecule has 0 N–H and O–H groups in total. The topological polar surface area (TPSA) is 0 Å². The van der Waals surface area contributed by atoms with Crippen LogP contribution in [0.2, 0.25) is 0 Å². The fourth-order valence-electron chi connectivity index (χ4n) is 11.3. The van der Waals surface area contributed by atoms with Crippen molar-refractivity contribution in [3.8, 4) is 66.8 Å². The molecule has 1 atom stereocenters. The van der Waals surface area contributed by atoms with Crippen molar-refractivity contribution < 1.29 is 0 Å². The molecule has 10 rings (SSSR count). The predicted molar refractivity (Wildman–Crippen MR) is 291 cm³/mol. The van der Waals surface area contributed by atoms with Gasteiger partial charge in [-0.2, -0.15) is 0 Å². The maximum atomic E-state index is 2.64. The Morgan fingerprint density at radius 1 is 0.284 bits per heavy atom. The van der Waals surface area contributed by atoms with E-state index in [1.807, 2.05) is 0 Å². The molecule has 67 heavy (non-hydrogen) atoms. The number of allylic oxidation sites excluding steroid dienone is 4. The molecule has 326 valence electrons. The zero-order valence-electron chi connectivity index (χ0n) is 39.9. The Balaban J connectivity index is 1.49. The minimum atomic E-state index is -3.51. The van der Waals surface area contributed by atoms with Crippen molar-refractivity contribution >= 4 is 23.6 Å². The van der Waals surface area contributed by atoms with Gasteiger partial charge in [0.1, 0.15) is 0 Å². The molecule has 0 heterocycles. The second-order valence-corrected chi connectivity index (χ2v) is 22.3. The van der Waals surface area contributed by atoms with Gasteiger partial charge in [0.05, 0.1) is 0 Å². The number of hydrogen-bond acceptors (Lipinski definition) is 0. The first kappa shape index (κ1) is 43.6. The monoisotopic (exact) mass is 878 g/mol. The van der Waals surface area contributed by atoms with Gasteiger partial charge in [0.25, 0.3) is 0 Å². The summed E-state index contributed by atoms with van der Waals surface area (Å²) in [7, 11) is -3.51. The van der Waals surface area contributed by atoms with Crippen molar-refractivity contribution in [2.24, 2.45) is 5.92 Å². The summed E-state index contributed by atoms with van der Waals surface area (Å²) in [5.41, 5.74) is 23.2. The maximum Gasteiger partial charge on any atom is 0.178 e. The lowest BCUT2D eigenvalue weighted by Gasteiger charge is -2.43. The maximum absolute atomic E-state index is 3.51. The highest BCUT2D eigenvalue weighted by atomic mass is 28.3. The molecule has 0 radical (unpaired) electrons. The highest BCUT2D eigenvalue weighted by Gasteiger charge is 2.52. The predicted octanol–water partition coefficient (Wildman–Crippen LogP) is 15.9. The average molecular weight is 879 g/mol. The summed E-state index contributed by atoms with van der Waals surface area (Å²) in [4.78, 5) is 0. The molecule has 0 nitrogen and oxygen atoms in total. The van der Waals surface area contributed by atoms with Crippen molar-refractivity contribution in [3.05, 3.63) is 257 Å². The van der Waals surface area contributed by atoms with Crippen molar-refractivity contribution in [3.63, 3.8) is 0 Å². The zero-order valence-corrected chi connectivity index (χ0v) is 40.9. The van der Waals surface area contributed by atoms with Gasteiger partial charge in [-0.1, -0.05) is 223 Å². The van der Waals surface area contributed by atoms with E-state index >= 15 is 0 Å². The molecule has 0 saturated carbocycles. The van der Waals surface area contributed by atoms with Crippen LogP contribution in [-0.2, 0) is 0 Å². The lowest BCUT2D eigenvalue weighted by atomic mass is 9.94. The number of benzene rings is 9. The molecular formula is C66H58Si. The Labute approximate surface area is 399 Å². The van der Waals surface area contributed by atoms with E-state index in [2.05, 4.69) is 267 Å². The third-order valence-electron chi connectivity index (χ3n) is 14.9. The van der Waals surface area contributed by atoms with Crippen LogP contribution in [0.15, 0.2) is 240 Å². The average Bonchev–Trinajstić information content (AvgIpc) is 3.57. The van der Waals surface area contributed by atoms with E-state index in [9.17, 15) is 0 Å². The zero-order chi connectivity index (χ0) is 46.2. The molecular weight excluding hydrogens is 821 g/mol. The summed E-state index contributed by atoms with van der Waals surface area (Å²) in [5.74, 6) is 0.194. The molecule has 1 aliphatic carbocycles. The Morgan fingerprint density at radius 2 is 0.522 bits per heavy atom. The third kappa shape index (κ3) is 7.68. The number of rotatable bonds is 10. The molecule has 1 unspecified atom stereocenters. The normalized spacial score (nSPS) is 13.9. The van der Waals surface area contributed by atoms with E-state index in [4.69, 9.17) is 0 Å². The Bertz CT molecular complexity index is 2990.